The maximum atomic E-state index is 9.60. The van der Waals surface area contributed by atoms with Gasteiger partial charge in [-0.05, 0) is 102 Å². The van der Waals surface area contributed by atoms with E-state index in [0.29, 0.717) is 23.0 Å². The summed E-state index contributed by atoms with van der Waals surface area (Å²) in [5, 5.41) is 14.4. The molecule has 1 heterocycles. The molecule has 0 aliphatic heterocycles. The molecule has 9 aromatic carbocycles. The summed E-state index contributed by atoms with van der Waals surface area (Å²) in [6.45, 7) is 0. The number of hydrogen-bond acceptors (Lipinski definition) is 4. The van der Waals surface area contributed by atoms with Crippen molar-refractivity contribution in [3.8, 4) is 84.7 Å². The molecular formula is C54H34N4. The van der Waals surface area contributed by atoms with E-state index in [4.69, 9.17) is 15.0 Å². The van der Waals surface area contributed by atoms with Crippen molar-refractivity contribution in [2.45, 2.75) is 0 Å². The minimum atomic E-state index is 0.576. The van der Waals surface area contributed by atoms with E-state index in [-0.39, 0.29) is 0 Å². The molecule has 58 heavy (non-hydrogen) atoms. The third kappa shape index (κ3) is 6.47. The molecule has 0 amide bonds. The summed E-state index contributed by atoms with van der Waals surface area (Å²) in [4.78, 5) is 15.2. The predicted molar refractivity (Wildman–Crippen MR) is 238 cm³/mol. The summed E-state index contributed by atoms with van der Waals surface area (Å²) in [7, 11) is 0. The van der Waals surface area contributed by atoms with Gasteiger partial charge in [-0.3, -0.25) is 0 Å². The standard InChI is InChI=1S/C54H34N4/c55-35-36-25-27-37(28-26-36)43-31-44(33-45(32-43)54-57-52(40-19-9-3-10-20-40)56-53(58-54)41-21-11-4-12-22-41)42-29-30-47-46-23-13-14-24-48(46)50(38-15-5-1-6-16-38)51(49(47)34-42)39-17-7-2-8-18-39/h1-34H. The normalized spacial score (nSPS) is 11.1. The smallest absolute Gasteiger partial charge is 0.164 e. The molecule has 0 N–H and O–H groups in total. The average molecular weight is 739 g/mol. The number of benzene rings is 9. The molecule has 0 fully saturated rings. The molecule has 0 saturated carbocycles. The van der Waals surface area contributed by atoms with Crippen LogP contribution < -0.4 is 0 Å². The molecule has 0 aliphatic rings. The number of hydrogen-bond donors (Lipinski definition) is 0. The molecule has 0 bridgehead atoms. The first kappa shape index (κ1) is 34.5. The van der Waals surface area contributed by atoms with Gasteiger partial charge in [0.1, 0.15) is 0 Å². The van der Waals surface area contributed by atoms with E-state index in [1.54, 1.807) is 0 Å². The van der Waals surface area contributed by atoms with Crippen LogP contribution in [0.5, 0.6) is 0 Å². The van der Waals surface area contributed by atoms with Crippen LogP contribution in [-0.2, 0) is 0 Å². The van der Waals surface area contributed by atoms with E-state index in [1.165, 1.54) is 38.2 Å². The van der Waals surface area contributed by atoms with Crippen LogP contribution in [0.4, 0.5) is 0 Å². The van der Waals surface area contributed by atoms with Gasteiger partial charge in [-0.1, -0.05) is 170 Å². The quantitative estimate of drug-likeness (QED) is 0.153. The van der Waals surface area contributed by atoms with E-state index in [0.717, 1.165) is 44.5 Å². The maximum absolute atomic E-state index is 9.60. The van der Waals surface area contributed by atoms with Crippen LogP contribution in [0.2, 0.25) is 0 Å². The minimum absolute atomic E-state index is 0.576. The zero-order chi connectivity index (χ0) is 38.8. The fourth-order valence-electron chi connectivity index (χ4n) is 7.95. The van der Waals surface area contributed by atoms with Crippen LogP contribution in [0.1, 0.15) is 5.56 Å². The highest BCUT2D eigenvalue weighted by atomic mass is 15.0. The van der Waals surface area contributed by atoms with Gasteiger partial charge in [-0.25, -0.2) is 15.0 Å². The molecule has 10 aromatic rings. The number of nitrogens with zero attached hydrogens (tertiary/aromatic N) is 4. The predicted octanol–water partition coefficient (Wildman–Crippen LogP) is 13.7. The monoisotopic (exact) mass is 738 g/mol. The van der Waals surface area contributed by atoms with Crippen molar-refractivity contribution in [1.29, 1.82) is 5.26 Å². The molecule has 0 radical (unpaired) electrons. The first-order chi connectivity index (χ1) is 28.7. The van der Waals surface area contributed by atoms with Crippen molar-refractivity contribution in [3.63, 3.8) is 0 Å². The Bertz CT molecular complexity index is 3080. The fourth-order valence-corrected chi connectivity index (χ4v) is 7.95. The van der Waals surface area contributed by atoms with Gasteiger partial charge in [0, 0.05) is 16.7 Å². The van der Waals surface area contributed by atoms with Gasteiger partial charge in [0.2, 0.25) is 0 Å². The molecule has 0 unspecified atom stereocenters. The lowest BCUT2D eigenvalue weighted by molar-refractivity contribution is 1.07. The van der Waals surface area contributed by atoms with E-state index >= 15 is 0 Å². The number of nitriles is 1. The van der Waals surface area contributed by atoms with Gasteiger partial charge in [0.25, 0.3) is 0 Å². The van der Waals surface area contributed by atoms with Crippen LogP contribution >= 0.6 is 0 Å². The molecule has 270 valence electrons. The highest BCUT2D eigenvalue weighted by Gasteiger charge is 2.19. The van der Waals surface area contributed by atoms with Gasteiger partial charge in [0.05, 0.1) is 11.6 Å². The number of aromatic nitrogens is 3. The third-order valence-electron chi connectivity index (χ3n) is 10.7. The van der Waals surface area contributed by atoms with Crippen LogP contribution in [0.3, 0.4) is 0 Å². The molecule has 0 spiro atoms. The highest BCUT2D eigenvalue weighted by molar-refractivity contribution is 6.22. The van der Waals surface area contributed by atoms with Crippen molar-refractivity contribution in [2.24, 2.45) is 0 Å². The van der Waals surface area contributed by atoms with Gasteiger partial charge in [-0.2, -0.15) is 5.26 Å². The van der Waals surface area contributed by atoms with E-state index in [9.17, 15) is 5.26 Å². The minimum Gasteiger partial charge on any atom is -0.208 e. The number of rotatable bonds is 7. The highest BCUT2D eigenvalue weighted by Crippen LogP contribution is 2.46. The Morgan fingerprint density at radius 1 is 0.276 bits per heavy atom. The van der Waals surface area contributed by atoms with E-state index in [2.05, 4.69) is 127 Å². The Hall–Kier alpha value is -8.00. The Morgan fingerprint density at radius 2 is 0.672 bits per heavy atom. The zero-order valence-corrected chi connectivity index (χ0v) is 31.4. The van der Waals surface area contributed by atoms with Crippen LogP contribution in [-0.4, -0.2) is 15.0 Å². The summed E-state index contributed by atoms with van der Waals surface area (Å²) in [6, 6.07) is 73.7. The molecule has 0 atom stereocenters. The van der Waals surface area contributed by atoms with Crippen LogP contribution in [0, 0.1) is 11.3 Å². The second-order valence-corrected chi connectivity index (χ2v) is 14.3. The molecule has 10 rings (SSSR count). The van der Waals surface area contributed by atoms with E-state index < -0.39 is 0 Å². The Kier molecular flexibility index (Phi) is 8.87. The lowest BCUT2D eigenvalue weighted by atomic mass is 9.84. The summed E-state index contributed by atoms with van der Waals surface area (Å²) >= 11 is 0. The largest absolute Gasteiger partial charge is 0.208 e. The topological polar surface area (TPSA) is 62.5 Å². The van der Waals surface area contributed by atoms with Gasteiger partial charge in [0.15, 0.2) is 17.5 Å². The molecular weight excluding hydrogens is 705 g/mol. The van der Waals surface area contributed by atoms with Crippen molar-refractivity contribution < 1.29 is 0 Å². The van der Waals surface area contributed by atoms with Crippen molar-refractivity contribution in [3.05, 3.63) is 212 Å². The Labute approximate surface area is 337 Å². The van der Waals surface area contributed by atoms with Gasteiger partial charge >= 0.3 is 0 Å². The van der Waals surface area contributed by atoms with Gasteiger partial charge < -0.3 is 0 Å². The average Bonchev–Trinajstić information content (AvgIpc) is 3.31. The lowest BCUT2D eigenvalue weighted by Gasteiger charge is -2.19. The summed E-state index contributed by atoms with van der Waals surface area (Å²) in [5.74, 6) is 1.79. The van der Waals surface area contributed by atoms with Crippen molar-refractivity contribution in [1.82, 2.24) is 15.0 Å². The van der Waals surface area contributed by atoms with Crippen LogP contribution in [0.15, 0.2) is 206 Å². The molecule has 4 heteroatoms. The summed E-state index contributed by atoms with van der Waals surface area (Å²) in [6.07, 6.45) is 0. The fraction of sp³-hybridized carbons (Fsp3) is 0. The Balaban J connectivity index is 1.25. The second-order valence-electron chi connectivity index (χ2n) is 14.3. The van der Waals surface area contributed by atoms with E-state index in [1.807, 2.05) is 84.9 Å². The lowest BCUT2D eigenvalue weighted by Crippen LogP contribution is -2.00. The molecule has 0 saturated heterocycles. The molecule has 4 nitrogen and oxygen atoms in total. The second kappa shape index (κ2) is 14.9. The third-order valence-corrected chi connectivity index (χ3v) is 10.7. The first-order valence-electron chi connectivity index (χ1n) is 19.3. The van der Waals surface area contributed by atoms with Crippen molar-refractivity contribution >= 4 is 21.5 Å². The molecule has 1 aromatic heterocycles. The first-order valence-corrected chi connectivity index (χ1v) is 19.3. The maximum Gasteiger partial charge on any atom is 0.164 e. The molecule has 0 aliphatic carbocycles. The van der Waals surface area contributed by atoms with Crippen molar-refractivity contribution in [2.75, 3.05) is 0 Å². The summed E-state index contributed by atoms with van der Waals surface area (Å²) in [5.41, 5.74) is 12.1. The van der Waals surface area contributed by atoms with Crippen LogP contribution in [0.25, 0.3) is 100 Å². The number of fused-ring (bicyclic) bond motifs is 3. The Morgan fingerprint density at radius 3 is 1.21 bits per heavy atom. The van der Waals surface area contributed by atoms with Gasteiger partial charge in [-0.15, -0.1) is 0 Å². The zero-order valence-electron chi connectivity index (χ0n) is 31.4. The summed E-state index contributed by atoms with van der Waals surface area (Å²) < 4.78 is 0. The SMILES string of the molecule is N#Cc1ccc(-c2cc(-c3ccc4c(c3)c(-c3ccccc3)c(-c3ccccc3)c3ccccc34)cc(-c3nc(-c4ccccc4)nc(-c4ccccc4)n3)c2)cc1.